The first kappa shape index (κ1) is 16.2. The SMILES string of the molecule is Cc1noc(C)c1CN1C(=O)CC[C@@H](C(=O)O)[C@H]1c1ccccc1. The Balaban J connectivity index is 2.01. The van der Waals surface area contributed by atoms with Gasteiger partial charge in [-0.2, -0.15) is 0 Å². The van der Waals surface area contributed by atoms with Gasteiger partial charge in [0.25, 0.3) is 0 Å². The fourth-order valence-corrected chi connectivity index (χ4v) is 3.36. The summed E-state index contributed by atoms with van der Waals surface area (Å²) in [7, 11) is 0. The van der Waals surface area contributed by atoms with Gasteiger partial charge in [0, 0.05) is 12.0 Å². The Kier molecular flexibility index (Phi) is 4.38. The van der Waals surface area contributed by atoms with Gasteiger partial charge in [-0.3, -0.25) is 9.59 Å². The molecule has 6 heteroatoms. The number of carboxylic acid groups (broad SMARTS) is 1. The summed E-state index contributed by atoms with van der Waals surface area (Å²) in [5.41, 5.74) is 2.41. The van der Waals surface area contributed by atoms with Crippen molar-refractivity contribution in [2.45, 2.75) is 39.3 Å². The largest absolute Gasteiger partial charge is 0.481 e. The van der Waals surface area contributed by atoms with Crippen LogP contribution >= 0.6 is 0 Å². The van der Waals surface area contributed by atoms with E-state index < -0.39 is 17.9 Å². The number of carboxylic acids is 1. The maximum Gasteiger partial charge on any atom is 0.308 e. The number of piperidine rings is 1. The quantitative estimate of drug-likeness (QED) is 0.933. The van der Waals surface area contributed by atoms with Crippen LogP contribution in [-0.4, -0.2) is 27.0 Å². The lowest BCUT2D eigenvalue weighted by atomic mass is 9.84. The molecular formula is C18H20N2O4. The molecule has 1 N–H and O–H groups in total. The summed E-state index contributed by atoms with van der Waals surface area (Å²) < 4.78 is 5.18. The van der Waals surface area contributed by atoms with Gasteiger partial charge in [0.2, 0.25) is 5.91 Å². The molecule has 1 fully saturated rings. The van der Waals surface area contributed by atoms with E-state index in [0.717, 1.165) is 16.8 Å². The van der Waals surface area contributed by atoms with Crippen LogP contribution in [0.4, 0.5) is 0 Å². The number of likely N-dealkylation sites (tertiary alicyclic amines) is 1. The Labute approximate surface area is 140 Å². The van der Waals surface area contributed by atoms with E-state index in [4.69, 9.17) is 4.52 Å². The van der Waals surface area contributed by atoms with Gasteiger partial charge in [0.05, 0.1) is 24.2 Å². The van der Waals surface area contributed by atoms with E-state index in [0.29, 0.717) is 18.7 Å². The Morgan fingerprint density at radius 1 is 1.33 bits per heavy atom. The molecule has 24 heavy (non-hydrogen) atoms. The summed E-state index contributed by atoms with van der Waals surface area (Å²) in [5.74, 6) is -0.878. The van der Waals surface area contributed by atoms with Crippen molar-refractivity contribution < 1.29 is 19.2 Å². The molecule has 0 unspecified atom stereocenters. The maximum atomic E-state index is 12.6. The van der Waals surface area contributed by atoms with Crippen LogP contribution < -0.4 is 0 Å². The number of aryl methyl sites for hydroxylation is 2. The minimum Gasteiger partial charge on any atom is -0.481 e. The van der Waals surface area contributed by atoms with Gasteiger partial charge in [-0.05, 0) is 25.8 Å². The molecule has 2 heterocycles. The van der Waals surface area contributed by atoms with Gasteiger partial charge >= 0.3 is 5.97 Å². The topological polar surface area (TPSA) is 83.6 Å². The van der Waals surface area contributed by atoms with Crippen molar-refractivity contribution in [3.8, 4) is 0 Å². The molecule has 1 saturated heterocycles. The number of hydrogen-bond acceptors (Lipinski definition) is 4. The molecule has 3 rings (SSSR count). The van der Waals surface area contributed by atoms with Crippen LogP contribution in [0.15, 0.2) is 34.9 Å². The molecule has 1 amide bonds. The molecule has 0 saturated carbocycles. The number of aromatic nitrogens is 1. The second-order valence-electron chi connectivity index (χ2n) is 6.16. The van der Waals surface area contributed by atoms with Gasteiger partial charge in [-0.25, -0.2) is 0 Å². The van der Waals surface area contributed by atoms with Crippen molar-refractivity contribution in [1.29, 1.82) is 0 Å². The fraction of sp³-hybridized carbons (Fsp3) is 0.389. The van der Waals surface area contributed by atoms with Crippen molar-refractivity contribution in [3.05, 3.63) is 52.9 Å². The minimum absolute atomic E-state index is 0.0404. The molecule has 0 radical (unpaired) electrons. The number of carbonyl (C=O) groups is 2. The first-order valence-electron chi connectivity index (χ1n) is 7.98. The Morgan fingerprint density at radius 3 is 2.62 bits per heavy atom. The van der Waals surface area contributed by atoms with Crippen LogP contribution in [0.1, 0.15) is 41.5 Å². The minimum atomic E-state index is -0.875. The fourth-order valence-electron chi connectivity index (χ4n) is 3.36. The Morgan fingerprint density at radius 2 is 2.04 bits per heavy atom. The van der Waals surface area contributed by atoms with E-state index in [9.17, 15) is 14.7 Å². The van der Waals surface area contributed by atoms with Crippen molar-refractivity contribution in [2.24, 2.45) is 5.92 Å². The predicted octanol–water partition coefficient (Wildman–Crippen LogP) is 2.86. The lowest BCUT2D eigenvalue weighted by molar-refractivity contribution is -0.152. The van der Waals surface area contributed by atoms with Crippen molar-refractivity contribution in [2.75, 3.05) is 0 Å². The van der Waals surface area contributed by atoms with Gasteiger partial charge in [0.15, 0.2) is 0 Å². The highest BCUT2D eigenvalue weighted by Gasteiger charge is 2.41. The second-order valence-corrected chi connectivity index (χ2v) is 6.16. The predicted molar refractivity (Wildman–Crippen MR) is 86.1 cm³/mol. The van der Waals surface area contributed by atoms with Gasteiger partial charge < -0.3 is 14.5 Å². The molecule has 2 atom stereocenters. The molecule has 2 aromatic rings. The third-order valence-corrected chi connectivity index (χ3v) is 4.67. The molecule has 0 bridgehead atoms. The van der Waals surface area contributed by atoms with Crippen LogP contribution in [0.5, 0.6) is 0 Å². The van der Waals surface area contributed by atoms with Crippen LogP contribution in [-0.2, 0) is 16.1 Å². The van der Waals surface area contributed by atoms with E-state index in [1.54, 1.807) is 11.8 Å². The summed E-state index contributed by atoms with van der Waals surface area (Å²) in [6.07, 6.45) is 0.593. The number of aliphatic carboxylic acids is 1. The summed E-state index contributed by atoms with van der Waals surface area (Å²) in [4.78, 5) is 26.0. The smallest absolute Gasteiger partial charge is 0.308 e. The number of rotatable bonds is 4. The number of hydrogen-bond donors (Lipinski definition) is 1. The van der Waals surface area contributed by atoms with E-state index in [2.05, 4.69) is 5.16 Å². The zero-order valence-corrected chi connectivity index (χ0v) is 13.7. The molecule has 1 aliphatic rings. The third-order valence-electron chi connectivity index (χ3n) is 4.67. The summed E-state index contributed by atoms with van der Waals surface area (Å²) in [6.45, 7) is 3.94. The van der Waals surface area contributed by atoms with Crippen LogP contribution in [0.2, 0.25) is 0 Å². The number of amides is 1. The Bertz CT molecular complexity index is 734. The molecule has 0 spiro atoms. The van der Waals surface area contributed by atoms with Gasteiger partial charge in [-0.1, -0.05) is 35.5 Å². The van der Waals surface area contributed by atoms with Crippen LogP contribution in [0.3, 0.4) is 0 Å². The lowest BCUT2D eigenvalue weighted by Gasteiger charge is -2.39. The number of nitrogens with zero attached hydrogens (tertiary/aromatic N) is 2. The molecule has 126 valence electrons. The average Bonchev–Trinajstić information content (AvgIpc) is 2.88. The number of benzene rings is 1. The van der Waals surface area contributed by atoms with Crippen LogP contribution in [0, 0.1) is 19.8 Å². The highest BCUT2D eigenvalue weighted by atomic mass is 16.5. The van der Waals surface area contributed by atoms with Crippen LogP contribution in [0.25, 0.3) is 0 Å². The van der Waals surface area contributed by atoms with Gasteiger partial charge in [0.1, 0.15) is 5.76 Å². The highest BCUT2D eigenvalue weighted by molar-refractivity contribution is 5.81. The molecule has 1 aromatic carbocycles. The third kappa shape index (κ3) is 2.91. The lowest BCUT2D eigenvalue weighted by Crippen LogP contribution is -2.45. The first-order chi connectivity index (χ1) is 11.5. The van der Waals surface area contributed by atoms with Crippen molar-refractivity contribution >= 4 is 11.9 Å². The zero-order valence-electron chi connectivity index (χ0n) is 13.7. The second kappa shape index (κ2) is 6.47. The molecule has 0 aliphatic carbocycles. The molecule has 1 aromatic heterocycles. The molecule has 1 aliphatic heterocycles. The molecule has 6 nitrogen and oxygen atoms in total. The van der Waals surface area contributed by atoms with E-state index in [1.165, 1.54) is 0 Å². The summed E-state index contributed by atoms with van der Waals surface area (Å²) in [5, 5.41) is 13.6. The first-order valence-corrected chi connectivity index (χ1v) is 7.98. The number of carbonyl (C=O) groups excluding carboxylic acids is 1. The highest BCUT2D eigenvalue weighted by Crippen LogP contribution is 2.38. The van der Waals surface area contributed by atoms with E-state index >= 15 is 0 Å². The summed E-state index contributed by atoms with van der Waals surface area (Å²) in [6, 6.07) is 8.86. The Hall–Kier alpha value is -2.63. The zero-order chi connectivity index (χ0) is 17.3. The normalized spacial score (nSPS) is 21.1. The van der Waals surface area contributed by atoms with Crippen molar-refractivity contribution in [1.82, 2.24) is 10.1 Å². The van der Waals surface area contributed by atoms with E-state index in [1.807, 2.05) is 37.3 Å². The van der Waals surface area contributed by atoms with Gasteiger partial charge in [-0.15, -0.1) is 0 Å². The maximum absolute atomic E-state index is 12.6. The van der Waals surface area contributed by atoms with Crippen molar-refractivity contribution in [3.63, 3.8) is 0 Å². The average molecular weight is 328 g/mol. The molecular weight excluding hydrogens is 308 g/mol. The summed E-state index contributed by atoms with van der Waals surface area (Å²) >= 11 is 0. The standard InChI is InChI=1S/C18H20N2O4/c1-11-15(12(2)24-19-11)10-20-16(21)9-8-14(18(22)23)17(20)13-6-4-3-5-7-13/h3-7,14,17H,8-10H2,1-2H3,(H,22,23)/t14-,17-/m1/s1. The van der Waals surface area contributed by atoms with E-state index in [-0.39, 0.29) is 12.3 Å². The monoisotopic (exact) mass is 328 g/mol.